The van der Waals surface area contributed by atoms with Crippen LogP contribution in [-0.4, -0.2) is 59.8 Å². The van der Waals surface area contributed by atoms with Crippen LogP contribution in [0.4, 0.5) is 13.2 Å². The molecule has 0 radical (unpaired) electrons. The van der Waals surface area contributed by atoms with Crippen LogP contribution in [0, 0.1) is 6.92 Å². The van der Waals surface area contributed by atoms with Crippen LogP contribution in [0.25, 0.3) is 11.8 Å². The second-order valence-corrected chi connectivity index (χ2v) is 7.64. The molecule has 1 heterocycles. The number of carbonyl (C=O) groups is 2. The Morgan fingerprint density at radius 2 is 1.86 bits per heavy atom. The van der Waals surface area contributed by atoms with Gasteiger partial charge in [-0.05, 0) is 42.8 Å². The molecule has 0 spiro atoms. The second kappa shape index (κ2) is 11.4. The van der Waals surface area contributed by atoms with Crippen LogP contribution in [0.5, 0.6) is 11.5 Å². The van der Waals surface area contributed by atoms with Crippen molar-refractivity contribution in [1.29, 1.82) is 0 Å². The molecule has 0 aliphatic rings. The first-order valence-electron chi connectivity index (χ1n) is 10.7. The molecule has 0 fully saturated rings. The van der Waals surface area contributed by atoms with Crippen molar-refractivity contribution in [3.8, 4) is 17.2 Å². The van der Waals surface area contributed by atoms with Crippen LogP contribution < -0.4 is 9.47 Å². The molecule has 1 amide bonds. The summed E-state index contributed by atoms with van der Waals surface area (Å²) in [6.45, 7) is 1.91. The molecule has 0 bridgehead atoms. The SMILES string of the molecule is COc1cc(/C=C(/OC(=O)C(F)(F)F)C(=O)N(C)CCOc2ccccc2)ccc1-n1cnc(C)c1. The fourth-order valence-electron chi connectivity index (χ4n) is 3.10. The third-order valence-corrected chi connectivity index (χ3v) is 4.92. The molecule has 0 saturated heterocycles. The lowest BCUT2D eigenvalue weighted by Gasteiger charge is -2.19. The Morgan fingerprint density at radius 3 is 2.47 bits per heavy atom. The van der Waals surface area contributed by atoms with E-state index in [1.54, 1.807) is 53.5 Å². The molecule has 0 N–H and O–H groups in total. The molecule has 1 aromatic heterocycles. The van der Waals surface area contributed by atoms with Gasteiger partial charge in [0.1, 0.15) is 18.1 Å². The van der Waals surface area contributed by atoms with E-state index in [1.807, 2.05) is 13.0 Å². The van der Waals surface area contributed by atoms with Crippen molar-refractivity contribution in [3.05, 3.63) is 78.1 Å². The number of likely N-dealkylation sites (N-methyl/N-ethyl adjacent to an activating group) is 1. The second-order valence-electron chi connectivity index (χ2n) is 7.64. The number of para-hydroxylation sites is 1. The van der Waals surface area contributed by atoms with E-state index >= 15 is 0 Å². The van der Waals surface area contributed by atoms with Crippen molar-refractivity contribution >= 4 is 18.0 Å². The van der Waals surface area contributed by atoms with Crippen LogP contribution in [0.2, 0.25) is 0 Å². The van der Waals surface area contributed by atoms with Gasteiger partial charge in [0, 0.05) is 13.2 Å². The number of methoxy groups -OCH3 is 1. The largest absolute Gasteiger partial charge is 0.495 e. The van der Waals surface area contributed by atoms with Crippen molar-refractivity contribution in [1.82, 2.24) is 14.5 Å². The van der Waals surface area contributed by atoms with Gasteiger partial charge >= 0.3 is 12.1 Å². The number of halogens is 3. The van der Waals surface area contributed by atoms with E-state index < -0.39 is 23.8 Å². The molecular formula is C25H24F3N3O5. The highest BCUT2D eigenvalue weighted by molar-refractivity contribution is 5.98. The lowest BCUT2D eigenvalue weighted by Crippen LogP contribution is -2.35. The van der Waals surface area contributed by atoms with E-state index in [0.717, 1.165) is 16.7 Å². The molecule has 2 aromatic carbocycles. The minimum absolute atomic E-state index is 0.0247. The van der Waals surface area contributed by atoms with Gasteiger partial charge in [0.2, 0.25) is 0 Å². The molecule has 0 atom stereocenters. The first kappa shape index (κ1) is 26.3. The molecule has 3 rings (SSSR count). The number of hydrogen-bond donors (Lipinski definition) is 0. The van der Waals surface area contributed by atoms with Crippen molar-refractivity contribution in [3.63, 3.8) is 0 Å². The third kappa shape index (κ3) is 6.87. The van der Waals surface area contributed by atoms with Gasteiger partial charge in [0.15, 0.2) is 5.76 Å². The molecule has 0 aliphatic heterocycles. The number of nitrogens with zero attached hydrogens (tertiary/aromatic N) is 3. The molecule has 11 heteroatoms. The predicted octanol–water partition coefficient (Wildman–Crippen LogP) is 4.17. The van der Waals surface area contributed by atoms with Gasteiger partial charge in [-0.15, -0.1) is 0 Å². The average Bonchev–Trinajstić information content (AvgIpc) is 3.28. The lowest BCUT2D eigenvalue weighted by atomic mass is 10.1. The Balaban J connectivity index is 1.84. The highest BCUT2D eigenvalue weighted by Gasteiger charge is 2.42. The Morgan fingerprint density at radius 1 is 1.14 bits per heavy atom. The van der Waals surface area contributed by atoms with Gasteiger partial charge in [0.05, 0.1) is 31.4 Å². The number of aromatic nitrogens is 2. The van der Waals surface area contributed by atoms with E-state index in [1.165, 1.54) is 20.2 Å². The minimum Gasteiger partial charge on any atom is -0.495 e. The average molecular weight is 503 g/mol. The summed E-state index contributed by atoms with van der Waals surface area (Å²) in [4.78, 5) is 29.7. The lowest BCUT2D eigenvalue weighted by molar-refractivity contribution is -0.196. The van der Waals surface area contributed by atoms with Crippen LogP contribution >= 0.6 is 0 Å². The number of rotatable bonds is 9. The van der Waals surface area contributed by atoms with Crippen molar-refractivity contribution in [2.45, 2.75) is 13.1 Å². The van der Waals surface area contributed by atoms with E-state index in [2.05, 4.69) is 9.72 Å². The monoisotopic (exact) mass is 503 g/mol. The minimum atomic E-state index is -5.28. The molecule has 0 aliphatic carbocycles. The molecule has 8 nitrogen and oxygen atoms in total. The molecular weight excluding hydrogens is 479 g/mol. The molecule has 36 heavy (non-hydrogen) atoms. The van der Waals surface area contributed by atoms with Gasteiger partial charge in [-0.3, -0.25) is 4.79 Å². The molecule has 3 aromatic rings. The zero-order valence-electron chi connectivity index (χ0n) is 19.8. The summed E-state index contributed by atoms with van der Waals surface area (Å²) >= 11 is 0. The van der Waals surface area contributed by atoms with Crippen LogP contribution in [0.15, 0.2) is 66.8 Å². The number of imidazole rings is 1. The van der Waals surface area contributed by atoms with E-state index in [0.29, 0.717) is 17.2 Å². The summed E-state index contributed by atoms with van der Waals surface area (Å²) in [6, 6.07) is 13.5. The number of esters is 1. The quantitative estimate of drug-likeness (QED) is 0.248. The normalized spacial score (nSPS) is 11.7. The zero-order chi connectivity index (χ0) is 26.3. The Bertz CT molecular complexity index is 1240. The van der Waals surface area contributed by atoms with Gasteiger partial charge in [0.25, 0.3) is 5.91 Å². The predicted molar refractivity (Wildman–Crippen MR) is 125 cm³/mol. The summed E-state index contributed by atoms with van der Waals surface area (Å²) in [5.74, 6) is -3.31. The first-order chi connectivity index (χ1) is 17.1. The maximum atomic E-state index is 12.9. The van der Waals surface area contributed by atoms with Crippen molar-refractivity contribution < 1.29 is 37.0 Å². The summed E-state index contributed by atoms with van der Waals surface area (Å²) < 4.78 is 55.8. The van der Waals surface area contributed by atoms with E-state index in [4.69, 9.17) is 9.47 Å². The van der Waals surface area contributed by atoms with Crippen molar-refractivity contribution in [2.75, 3.05) is 27.3 Å². The Hall–Kier alpha value is -4.28. The van der Waals surface area contributed by atoms with Crippen LogP contribution in [0.3, 0.4) is 0 Å². The Labute approximate surface area is 205 Å². The van der Waals surface area contributed by atoms with E-state index in [9.17, 15) is 22.8 Å². The number of benzene rings is 2. The highest BCUT2D eigenvalue weighted by atomic mass is 19.4. The van der Waals surface area contributed by atoms with Gasteiger partial charge in [-0.25, -0.2) is 9.78 Å². The maximum Gasteiger partial charge on any atom is 0.491 e. The van der Waals surface area contributed by atoms with Gasteiger partial charge in [-0.2, -0.15) is 13.2 Å². The Kier molecular flexibility index (Phi) is 8.36. The standard InChI is InChI=1S/C25H24F3N3O5/c1-17-15-31(16-29-17)20-10-9-18(13-21(20)34-3)14-22(36-24(33)25(26,27)28)23(32)30(2)11-12-35-19-7-5-4-6-8-19/h4-10,13-16H,11-12H2,1-3H3/b22-14+. The van der Waals surface area contributed by atoms with Gasteiger partial charge in [-0.1, -0.05) is 24.3 Å². The van der Waals surface area contributed by atoms with Gasteiger partial charge < -0.3 is 23.7 Å². The maximum absolute atomic E-state index is 12.9. The summed E-state index contributed by atoms with van der Waals surface area (Å²) in [6.07, 6.45) is -0.893. The van der Waals surface area contributed by atoms with E-state index in [-0.39, 0.29) is 18.7 Å². The first-order valence-corrected chi connectivity index (χ1v) is 10.7. The number of alkyl halides is 3. The number of hydrogen-bond acceptors (Lipinski definition) is 6. The number of carbonyl (C=O) groups excluding carboxylic acids is 2. The fraction of sp³-hybridized carbons (Fsp3) is 0.240. The molecule has 190 valence electrons. The smallest absolute Gasteiger partial charge is 0.491 e. The molecule has 0 unspecified atom stereocenters. The fourth-order valence-corrected chi connectivity index (χ4v) is 3.10. The van der Waals surface area contributed by atoms with Crippen molar-refractivity contribution in [2.24, 2.45) is 0 Å². The third-order valence-electron chi connectivity index (χ3n) is 4.92. The summed E-state index contributed by atoms with van der Waals surface area (Å²) in [5.41, 5.74) is 1.66. The zero-order valence-corrected chi connectivity index (χ0v) is 19.8. The summed E-state index contributed by atoms with van der Waals surface area (Å²) in [7, 11) is 2.78. The number of amides is 1. The summed E-state index contributed by atoms with van der Waals surface area (Å²) in [5, 5.41) is 0. The molecule has 0 saturated carbocycles. The number of aryl methyl sites for hydroxylation is 1. The van der Waals surface area contributed by atoms with Crippen LogP contribution in [-0.2, 0) is 14.3 Å². The highest BCUT2D eigenvalue weighted by Crippen LogP contribution is 2.27. The topological polar surface area (TPSA) is 82.9 Å². The van der Waals surface area contributed by atoms with Crippen LogP contribution in [0.1, 0.15) is 11.3 Å². The number of ether oxygens (including phenoxy) is 3.